The maximum absolute atomic E-state index is 11.3. The molecule has 0 radical (unpaired) electrons. The van der Waals surface area contributed by atoms with Crippen molar-refractivity contribution in [2.24, 2.45) is 0 Å². The molecule has 0 aromatic rings. The van der Waals surface area contributed by atoms with Crippen LogP contribution in [0.25, 0.3) is 0 Å². The number of ether oxygens (including phenoxy) is 2. The van der Waals surface area contributed by atoms with Gasteiger partial charge in [0.1, 0.15) is 17.3 Å². The molecule has 2 fully saturated rings. The van der Waals surface area contributed by atoms with Gasteiger partial charge in [-0.3, -0.25) is 0 Å². The van der Waals surface area contributed by atoms with Crippen LogP contribution >= 0.6 is 0 Å². The van der Waals surface area contributed by atoms with Crippen LogP contribution in [-0.2, 0) is 9.47 Å². The zero-order valence-electron chi connectivity index (χ0n) is 13.0. The van der Waals surface area contributed by atoms with Crippen molar-refractivity contribution in [1.82, 2.24) is 0 Å². The highest BCUT2D eigenvalue weighted by atomic mass is 16.6. The van der Waals surface area contributed by atoms with Crippen molar-refractivity contribution in [2.45, 2.75) is 57.3 Å². The van der Waals surface area contributed by atoms with Crippen LogP contribution in [-0.4, -0.2) is 36.1 Å². The second-order valence-corrected chi connectivity index (χ2v) is 6.23. The minimum atomic E-state index is -1.09. The molecule has 0 aromatic heterocycles. The second kappa shape index (κ2) is 5.47. The first kappa shape index (κ1) is 15.5. The lowest BCUT2D eigenvalue weighted by atomic mass is 9.67. The van der Waals surface area contributed by atoms with E-state index in [2.05, 4.69) is 32.6 Å². The molecule has 3 heteroatoms. The first-order valence-electron chi connectivity index (χ1n) is 7.25. The highest BCUT2D eigenvalue weighted by Gasteiger charge is 2.67. The first-order valence-corrected chi connectivity index (χ1v) is 7.25. The third kappa shape index (κ3) is 2.39. The third-order valence-corrected chi connectivity index (χ3v) is 4.57. The van der Waals surface area contributed by atoms with Gasteiger partial charge >= 0.3 is 0 Å². The van der Waals surface area contributed by atoms with E-state index in [0.29, 0.717) is 6.61 Å². The average Bonchev–Trinajstić information content (AvgIpc) is 3.16. The molecular weight excluding hydrogens is 252 g/mol. The molecule has 20 heavy (non-hydrogen) atoms. The van der Waals surface area contributed by atoms with E-state index in [-0.39, 0.29) is 6.10 Å². The number of rotatable bonds is 4. The summed E-state index contributed by atoms with van der Waals surface area (Å²) in [5.74, 6) is 0. The quantitative estimate of drug-likeness (QED) is 0.634. The van der Waals surface area contributed by atoms with Gasteiger partial charge in [0.05, 0.1) is 6.61 Å². The van der Waals surface area contributed by atoms with Gasteiger partial charge in [-0.25, -0.2) is 0 Å². The van der Waals surface area contributed by atoms with Crippen LogP contribution in [0.5, 0.6) is 0 Å². The molecule has 1 N–H and O–H groups in total. The van der Waals surface area contributed by atoms with Crippen molar-refractivity contribution in [3.63, 3.8) is 0 Å². The highest BCUT2D eigenvalue weighted by molar-refractivity contribution is 5.37. The number of epoxide rings is 1. The predicted molar refractivity (Wildman–Crippen MR) is 80.6 cm³/mol. The molecule has 0 bridgehead atoms. The molecule has 1 saturated carbocycles. The van der Waals surface area contributed by atoms with E-state index >= 15 is 0 Å². The molecule has 1 spiro atoms. The van der Waals surface area contributed by atoms with Gasteiger partial charge in [-0.15, -0.1) is 0 Å². The molecule has 1 saturated heterocycles. The Kier molecular flexibility index (Phi) is 4.24. The van der Waals surface area contributed by atoms with E-state index in [1.807, 2.05) is 6.92 Å². The molecule has 3 atom stereocenters. The smallest absolute Gasteiger partial charge is 0.146 e. The summed E-state index contributed by atoms with van der Waals surface area (Å²) in [6.45, 7) is 10.8. The molecule has 3 nitrogen and oxygen atoms in total. The second-order valence-electron chi connectivity index (χ2n) is 6.23. The van der Waals surface area contributed by atoms with Crippen molar-refractivity contribution in [3.8, 4) is 0 Å². The van der Waals surface area contributed by atoms with Crippen molar-refractivity contribution < 1.29 is 14.6 Å². The Balaban J connectivity index is 2.31. The molecule has 0 amide bonds. The van der Waals surface area contributed by atoms with Gasteiger partial charge in [0, 0.05) is 7.11 Å². The van der Waals surface area contributed by atoms with Crippen LogP contribution in [0.3, 0.4) is 0 Å². The normalized spacial score (nSPS) is 37.1. The number of allylic oxidation sites excluding steroid dienone is 3. The molecule has 2 unspecified atom stereocenters. The monoisotopic (exact) mass is 278 g/mol. The van der Waals surface area contributed by atoms with Gasteiger partial charge in [-0.2, -0.15) is 0 Å². The van der Waals surface area contributed by atoms with Gasteiger partial charge in [0.15, 0.2) is 0 Å². The largest absolute Gasteiger partial charge is 0.379 e. The van der Waals surface area contributed by atoms with Gasteiger partial charge in [0.2, 0.25) is 0 Å². The summed E-state index contributed by atoms with van der Waals surface area (Å²) in [5, 5.41) is 11.3. The highest BCUT2D eigenvalue weighted by Crippen LogP contribution is 2.53. The molecule has 1 heterocycles. The Labute approximate surface area is 122 Å². The van der Waals surface area contributed by atoms with Gasteiger partial charge in [-0.1, -0.05) is 24.3 Å². The molecule has 1 aliphatic heterocycles. The van der Waals surface area contributed by atoms with Crippen LogP contribution in [0.2, 0.25) is 0 Å². The summed E-state index contributed by atoms with van der Waals surface area (Å²) in [6.07, 6.45) is 6.31. The summed E-state index contributed by atoms with van der Waals surface area (Å²) in [6, 6.07) is 0. The van der Waals surface area contributed by atoms with E-state index in [0.717, 1.165) is 30.4 Å². The van der Waals surface area contributed by atoms with E-state index in [9.17, 15) is 5.11 Å². The molecule has 0 aromatic carbocycles. The van der Waals surface area contributed by atoms with Crippen molar-refractivity contribution in [1.29, 1.82) is 0 Å². The Morgan fingerprint density at radius 2 is 2.10 bits per heavy atom. The number of methoxy groups -OCH3 is 1. The topological polar surface area (TPSA) is 42.0 Å². The van der Waals surface area contributed by atoms with Crippen molar-refractivity contribution in [2.75, 3.05) is 13.7 Å². The lowest BCUT2D eigenvalue weighted by Gasteiger charge is -2.45. The van der Waals surface area contributed by atoms with Crippen LogP contribution in [0.1, 0.15) is 40.0 Å². The summed E-state index contributed by atoms with van der Waals surface area (Å²) in [4.78, 5) is 0. The zero-order chi connectivity index (χ0) is 15.0. The summed E-state index contributed by atoms with van der Waals surface area (Å²) >= 11 is 0. The fourth-order valence-electron chi connectivity index (χ4n) is 3.20. The van der Waals surface area contributed by atoms with Crippen LogP contribution in [0.15, 0.2) is 35.5 Å². The number of aliphatic hydroxyl groups is 1. The fraction of sp³-hybridized carbons (Fsp3) is 0.647. The molecular formula is C17H26O3. The van der Waals surface area contributed by atoms with E-state index in [1.165, 1.54) is 5.57 Å². The summed E-state index contributed by atoms with van der Waals surface area (Å²) in [5.41, 5.74) is 1.58. The maximum Gasteiger partial charge on any atom is 0.146 e. The third-order valence-electron chi connectivity index (χ3n) is 4.57. The van der Waals surface area contributed by atoms with Crippen LogP contribution < -0.4 is 0 Å². The Morgan fingerprint density at radius 1 is 1.45 bits per heavy atom. The minimum Gasteiger partial charge on any atom is -0.379 e. The number of hydrogen-bond acceptors (Lipinski definition) is 3. The SMILES string of the molecule is C=C1CCC2(CO2)[C@@](O)(/C(C)=C/CC=C(C)C)C1OC. The molecule has 1 aliphatic carbocycles. The molecule has 2 rings (SSSR count). The lowest BCUT2D eigenvalue weighted by molar-refractivity contribution is -0.112. The average molecular weight is 278 g/mol. The lowest BCUT2D eigenvalue weighted by Crippen LogP contribution is -2.59. The fourth-order valence-corrected chi connectivity index (χ4v) is 3.20. The summed E-state index contributed by atoms with van der Waals surface area (Å²) < 4.78 is 11.2. The van der Waals surface area contributed by atoms with Crippen LogP contribution in [0, 0.1) is 0 Å². The van der Waals surface area contributed by atoms with E-state index in [1.54, 1.807) is 7.11 Å². The molecule has 112 valence electrons. The molecule has 2 aliphatic rings. The van der Waals surface area contributed by atoms with Crippen molar-refractivity contribution in [3.05, 3.63) is 35.5 Å². The zero-order valence-corrected chi connectivity index (χ0v) is 13.0. The predicted octanol–water partition coefficient (Wildman–Crippen LogP) is 3.15. The maximum atomic E-state index is 11.3. The van der Waals surface area contributed by atoms with Crippen molar-refractivity contribution >= 4 is 0 Å². The number of hydrogen-bond donors (Lipinski definition) is 1. The summed E-state index contributed by atoms with van der Waals surface area (Å²) in [7, 11) is 1.63. The van der Waals surface area contributed by atoms with Gasteiger partial charge < -0.3 is 14.6 Å². The Bertz CT molecular complexity index is 453. The Hall–Kier alpha value is -0.900. The Morgan fingerprint density at radius 3 is 2.60 bits per heavy atom. The van der Waals surface area contributed by atoms with E-state index in [4.69, 9.17) is 9.47 Å². The van der Waals surface area contributed by atoms with Crippen LogP contribution in [0.4, 0.5) is 0 Å². The first-order chi connectivity index (χ1) is 9.37. The standard InChI is InChI=1S/C17H26O3/c1-12(2)7-6-8-14(4)17(18)15(19-5)13(3)9-10-16(17)11-20-16/h7-8,15,18H,3,6,9-11H2,1-2,4-5H3/b14-8+/t15?,16?,17-/m1/s1. The minimum absolute atomic E-state index is 0.387. The van der Waals surface area contributed by atoms with Gasteiger partial charge in [-0.05, 0) is 51.2 Å². The van der Waals surface area contributed by atoms with E-state index < -0.39 is 11.2 Å². The van der Waals surface area contributed by atoms with Gasteiger partial charge in [0.25, 0.3) is 0 Å².